The molecule has 0 saturated carbocycles. The van der Waals surface area contributed by atoms with E-state index in [1.54, 1.807) is 4.57 Å². The van der Waals surface area contributed by atoms with Crippen molar-refractivity contribution in [3.8, 4) is 0 Å². The zero-order valence-corrected chi connectivity index (χ0v) is 11.1. The lowest BCUT2D eigenvalue weighted by Gasteiger charge is -2.07. The fourth-order valence-electron chi connectivity index (χ4n) is 2.18. The van der Waals surface area contributed by atoms with Crippen LogP contribution in [0, 0.1) is 0 Å². The van der Waals surface area contributed by atoms with E-state index in [4.69, 9.17) is 10.2 Å². The Bertz CT molecular complexity index is 602. The topological polar surface area (TPSA) is 75.3 Å². The quantitative estimate of drug-likeness (QED) is 0.861. The van der Waals surface area contributed by atoms with Crippen molar-refractivity contribution in [2.45, 2.75) is 32.7 Å². The van der Waals surface area contributed by atoms with Gasteiger partial charge in [0, 0.05) is 6.54 Å². The van der Waals surface area contributed by atoms with Crippen LogP contribution in [0.25, 0.3) is 11.0 Å². The molecule has 0 unspecified atom stereocenters. The molecule has 2 rings (SSSR count). The van der Waals surface area contributed by atoms with Gasteiger partial charge in [-0.2, -0.15) is 0 Å². The van der Waals surface area contributed by atoms with Gasteiger partial charge in [0.15, 0.2) is 0 Å². The summed E-state index contributed by atoms with van der Waals surface area (Å²) in [5.74, 6) is -0.0358. The number of aliphatic hydroxyl groups is 1. The average Bonchev–Trinajstić information content (AvgIpc) is 2.66. The van der Waals surface area contributed by atoms with Crippen LogP contribution < -0.4 is 0 Å². The molecule has 19 heavy (non-hydrogen) atoms. The zero-order valence-electron chi connectivity index (χ0n) is 11.1. The van der Waals surface area contributed by atoms with E-state index in [9.17, 15) is 4.79 Å². The monoisotopic (exact) mass is 262 g/mol. The van der Waals surface area contributed by atoms with Crippen LogP contribution in [0.15, 0.2) is 18.2 Å². The molecule has 0 aliphatic heterocycles. The number of fused-ring (bicyclic) bond motifs is 1. The van der Waals surface area contributed by atoms with E-state index in [2.05, 4.69) is 18.8 Å². The molecule has 0 fully saturated rings. The van der Waals surface area contributed by atoms with Gasteiger partial charge in [0.25, 0.3) is 0 Å². The summed E-state index contributed by atoms with van der Waals surface area (Å²) in [7, 11) is 0. The predicted molar refractivity (Wildman–Crippen MR) is 72.2 cm³/mol. The molecule has 0 atom stereocenters. The molecular formula is C14H18N2O3. The molecule has 5 nitrogen and oxygen atoms in total. The molecule has 0 spiro atoms. The maximum absolute atomic E-state index is 10.9. The van der Waals surface area contributed by atoms with Gasteiger partial charge in [-0.15, -0.1) is 0 Å². The third-order valence-electron chi connectivity index (χ3n) is 3.15. The number of aliphatic hydroxyl groups excluding tert-OH is 1. The van der Waals surface area contributed by atoms with Crippen LogP contribution >= 0.6 is 0 Å². The van der Waals surface area contributed by atoms with Crippen molar-refractivity contribution in [2.75, 3.05) is 6.61 Å². The summed E-state index contributed by atoms with van der Waals surface area (Å²) in [4.78, 5) is 15.2. The first-order valence-electron chi connectivity index (χ1n) is 6.34. The summed E-state index contributed by atoms with van der Waals surface area (Å²) in [6, 6.07) is 5.95. The molecule has 5 heteroatoms. The minimum absolute atomic E-state index is 0.0377. The average molecular weight is 262 g/mol. The number of carboxylic acid groups (broad SMARTS) is 1. The number of imidazole rings is 1. The Kier molecular flexibility index (Phi) is 3.85. The standard InChI is InChI=1S/C14H18N2O3/c1-9(2)10-3-4-12-11(7-10)15-13(8-14(18)19)16(12)5-6-17/h3-4,7,9,17H,5-6,8H2,1-2H3,(H,18,19). The number of hydrogen-bond acceptors (Lipinski definition) is 3. The van der Waals surface area contributed by atoms with Crippen LogP contribution in [0.1, 0.15) is 31.2 Å². The number of aliphatic carboxylic acids is 1. The Balaban J connectivity index is 2.54. The van der Waals surface area contributed by atoms with E-state index in [0.717, 1.165) is 11.0 Å². The molecule has 102 valence electrons. The van der Waals surface area contributed by atoms with Gasteiger partial charge in [0.1, 0.15) is 12.2 Å². The Morgan fingerprint density at radius 1 is 1.42 bits per heavy atom. The first-order valence-corrected chi connectivity index (χ1v) is 6.34. The summed E-state index contributed by atoms with van der Waals surface area (Å²) in [5, 5.41) is 18.0. The highest BCUT2D eigenvalue weighted by atomic mass is 16.4. The van der Waals surface area contributed by atoms with E-state index < -0.39 is 5.97 Å². The minimum Gasteiger partial charge on any atom is -0.481 e. The maximum Gasteiger partial charge on any atom is 0.311 e. The second kappa shape index (κ2) is 5.40. The van der Waals surface area contributed by atoms with Crippen molar-refractivity contribution >= 4 is 17.0 Å². The molecule has 0 radical (unpaired) electrons. The van der Waals surface area contributed by atoms with Crippen LogP contribution in [0.3, 0.4) is 0 Å². The largest absolute Gasteiger partial charge is 0.481 e. The summed E-state index contributed by atoms with van der Waals surface area (Å²) in [6.45, 7) is 4.53. The molecule has 0 bridgehead atoms. The van der Waals surface area contributed by atoms with Gasteiger partial charge in [-0.25, -0.2) is 4.98 Å². The number of carbonyl (C=O) groups is 1. The minimum atomic E-state index is -0.918. The van der Waals surface area contributed by atoms with Crippen LogP contribution in [-0.2, 0) is 17.8 Å². The molecule has 1 aromatic carbocycles. The molecule has 0 aliphatic rings. The Hall–Kier alpha value is -1.88. The van der Waals surface area contributed by atoms with E-state index in [0.29, 0.717) is 18.3 Å². The Morgan fingerprint density at radius 3 is 2.74 bits per heavy atom. The van der Waals surface area contributed by atoms with E-state index in [1.807, 2.05) is 18.2 Å². The van der Waals surface area contributed by atoms with Crippen molar-refractivity contribution < 1.29 is 15.0 Å². The molecule has 2 aromatic rings. The first-order chi connectivity index (χ1) is 9.02. The summed E-state index contributed by atoms with van der Waals surface area (Å²) in [6.07, 6.45) is -0.133. The fraction of sp³-hybridized carbons (Fsp3) is 0.429. The van der Waals surface area contributed by atoms with E-state index >= 15 is 0 Å². The molecule has 1 aromatic heterocycles. The number of benzene rings is 1. The smallest absolute Gasteiger partial charge is 0.311 e. The van der Waals surface area contributed by atoms with Crippen molar-refractivity contribution in [3.63, 3.8) is 0 Å². The van der Waals surface area contributed by atoms with E-state index in [-0.39, 0.29) is 13.0 Å². The molecule has 0 amide bonds. The lowest BCUT2D eigenvalue weighted by atomic mass is 10.0. The third kappa shape index (κ3) is 2.76. The van der Waals surface area contributed by atoms with Crippen molar-refractivity contribution in [1.29, 1.82) is 0 Å². The van der Waals surface area contributed by atoms with Gasteiger partial charge >= 0.3 is 5.97 Å². The number of rotatable bonds is 5. The van der Waals surface area contributed by atoms with Crippen LogP contribution in [0.5, 0.6) is 0 Å². The lowest BCUT2D eigenvalue weighted by Crippen LogP contribution is -2.11. The Morgan fingerprint density at radius 2 is 2.16 bits per heavy atom. The predicted octanol–water partition coefficient (Wildman–Crippen LogP) is 1.78. The van der Waals surface area contributed by atoms with Crippen molar-refractivity contribution in [2.24, 2.45) is 0 Å². The maximum atomic E-state index is 10.9. The number of hydrogen-bond donors (Lipinski definition) is 2. The first kappa shape index (κ1) is 13.5. The number of aromatic nitrogens is 2. The second-order valence-electron chi connectivity index (χ2n) is 4.88. The molecular weight excluding hydrogens is 244 g/mol. The third-order valence-corrected chi connectivity index (χ3v) is 3.15. The SMILES string of the molecule is CC(C)c1ccc2c(c1)nc(CC(=O)O)n2CCO. The summed E-state index contributed by atoms with van der Waals surface area (Å²) in [5.41, 5.74) is 2.83. The van der Waals surface area contributed by atoms with Crippen molar-refractivity contribution in [3.05, 3.63) is 29.6 Å². The second-order valence-corrected chi connectivity index (χ2v) is 4.88. The van der Waals surface area contributed by atoms with E-state index in [1.165, 1.54) is 5.56 Å². The van der Waals surface area contributed by atoms with Crippen molar-refractivity contribution in [1.82, 2.24) is 9.55 Å². The zero-order chi connectivity index (χ0) is 14.0. The molecule has 2 N–H and O–H groups in total. The number of nitrogens with zero attached hydrogens (tertiary/aromatic N) is 2. The van der Waals surface area contributed by atoms with Crippen LogP contribution in [0.2, 0.25) is 0 Å². The van der Waals surface area contributed by atoms with Gasteiger partial charge in [-0.05, 0) is 23.6 Å². The van der Waals surface area contributed by atoms with Gasteiger partial charge in [0.2, 0.25) is 0 Å². The van der Waals surface area contributed by atoms with Gasteiger partial charge in [0.05, 0.1) is 17.6 Å². The van der Waals surface area contributed by atoms with Crippen LogP contribution in [0.4, 0.5) is 0 Å². The highest BCUT2D eigenvalue weighted by Crippen LogP contribution is 2.22. The van der Waals surface area contributed by atoms with Gasteiger partial charge < -0.3 is 14.8 Å². The number of carboxylic acids is 1. The normalized spacial score (nSPS) is 11.4. The van der Waals surface area contributed by atoms with Gasteiger partial charge in [-0.3, -0.25) is 4.79 Å². The summed E-state index contributed by atoms with van der Waals surface area (Å²) >= 11 is 0. The lowest BCUT2D eigenvalue weighted by molar-refractivity contribution is -0.136. The fourth-order valence-corrected chi connectivity index (χ4v) is 2.18. The highest BCUT2D eigenvalue weighted by Gasteiger charge is 2.14. The van der Waals surface area contributed by atoms with Gasteiger partial charge in [-0.1, -0.05) is 19.9 Å². The molecule has 0 saturated heterocycles. The van der Waals surface area contributed by atoms with Crippen LogP contribution in [-0.4, -0.2) is 32.3 Å². The highest BCUT2D eigenvalue weighted by molar-refractivity contribution is 5.79. The summed E-state index contributed by atoms with van der Waals surface area (Å²) < 4.78 is 1.77. The molecule has 1 heterocycles. The Labute approximate surface area is 111 Å². The molecule has 0 aliphatic carbocycles.